The van der Waals surface area contributed by atoms with Crippen LogP contribution < -0.4 is 0 Å². The summed E-state index contributed by atoms with van der Waals surface area (Å²) in [5.74, 6) is -0.774. The van der Waals surface area contributed by atoms with E-state index in [1.54, 1.807) is 0 Å². The smallest absolute Gasteiger partial charge is 0.303 e. The first-order chi connectivity index (χ1) is 7.20. The number of hydrogen-bond acceptors (Lipinski definition) is 2. The molecule has 0 saturated carbocycles. The van der Waals surface area contributed by atoms with Crippen molar-refractivity contribution in [3.8, 4) is 0 Å². The molecule has 0 radical (unpaired) electrons. The fourth-order valence-electron chi connectivity index (χ4n) is 1.46. The van der Waals surface area contributed by atoms with E-state index in [1.807, 2.05) is 30.3 Å². The van der Waals surface area contributed by atoms with Crippen LogP contribution in [0.5, 0.6) is 0 Å². The van der Waals surface area contributed by atoms with E-state index in [0.29, 0.717) is 12.8 Å². The van der Waals surface area contributed by atoms with Crippen molar-refractivity contribution in [2.24, 2.45) is 0 Å². The van der Waals surface area contributed by atoms with Gasteiger partial charge in [-0.25, -0.2) is 0 Å². The van der Waals surface area contributed by atoms with Crippen LogP contribution in [0.1, 0.15) is 37.4 Å². The van der Waals surface area contributed by atoms with Gasteiger partial charge in [-0.2, -0.15) is 0 Å². The van der Waals surface area contributed by atoms with E-state index in [4.69, 9.17) is 5.11 Å². The molecule has 0 heterocycles. The number of unbranched alkanes of at least 4 members (excludes halogenated alkanes) is 1. The second-order valence-electron chi connectivity index (χ2n) is 3.57. The highest BCUT2D eigenvalue weighted by atomic mass is 16.4. The van der Waals surface area contributed by atoms with Crippen LogP contribution in [0, 0.1) is 0 Å². The summed E-state index contributed by atoms with van der Waals surface area (Å²) in [6, 6.07) is 9.43. The number of aliphatic hydroxyl groups is 1. The minimum atomic E-state index is -0.774. The van der Waals surface area contributed by atoms with Crippen molar-refractivity contribution >= 4 is 5.97 Å². The zero-order valence-corrected chi connectivity index (χ0v) is 8.60. The van der Waals surface area contributed by atoms with Gasteiger partial charge in [0.2, 0.25) is 0 Å². The molecule has 0 amide bonds. The Bertz CT molecular complexity index is 295. The van der Waals surface area contributed by atoms with Crippen LogP contribution in [0.25, 0.3) is 0 Å². The first-order valence-electron chi connectivity index (χ1n) is 5.15. The van der Waals surface area contributed by atoms with Gasteiger partial charge in [0.05, 0.1) is 6.10 Å². The van der Waals surface area contributed by atoms with Crippen LogP contribution in [0.2, 0.25) is 0 Å². The summed E-state index contributed by atoms with van der Waals surface area (Å²) in [5.41, 5.74) is 0.896. The summed E-state index contributed by atoms with van der Waals surface area (Å²) < 4.78 is 0. The van der Waals surface area contributed by atoms with Crippen molar-refractivity contribution in [2.45, 2.75) is 31.8 Å². The Morgan fingerprint density at radius 3 is 2.47 bits per heavy atom. The molecular weight excluding hydrogens is 192 g/mol. The molecule has 15 heavy (non-hydrogen) atoms. The average Bonchev–Trinajstić information content (AvgIpc) is 2.25. The third-order valence-electron chi connectivity index (χ3n) is 2.30. The summed E-state index contributed by atoms with van der Waals surface area (Å²) >= 11 is 0. The summed E-state index contributed by atoms with van der Waals surface area (Å²) in [7, 11) is 0. The lowest BCUT2D eigenvalue weighted by atomic mass is 10.0. The molecule has 0 saturated heterocycles. The number of benzene rings is 1. The van der Waals surface area contributed by atoms with Crippen molar-refractivity contribution in [3.05, 3.63) is 35.9 Å². The summed E-state index contributed by atoms with van der Waals surface area (Å²) in [6.07, 6.45) is 1.69. The Balaban J connectivity index is 2.25. The van der Waals surface area contributed by atoms with Crippen LogP contribution in [0.15, 0.2) is 30.3 Å². The molecule has 3 nitrogen and oxygen atoms in total. The van der Waals surface area contributed by atoms with Crippen molar-refractivity contribution in [2.75, 3.05) is 0 Å². The Morgan fingerprint density at radius 1 is 1.20 bits per heavy atom. The van der Waals surface area contributed by atoms with Gasteiger partial charge in [0, 0.05) is 6.42 Å². The molecule has 0 aliphatic heterocycles. The van der Waals surface area contributed by atoms with Crippen LogP contribution >= 0.6 is 0 Å². The quantitative estimate of drug-likeness (QED) is 0.705. The molecule has 0 aromatic heterocycles. The maximum atomic E-state index is 10.3. The molecule has 3 heteroatoms. The Morgan fingerprint density at radius 2 is 1.87 bits per heavy atom. The number of carboxylic acids is 1. The summed E-state index contributed by atoms with van der Waals surface area (Å²) in [6.45, 7) is 0. The van der Waals surface area contributed by atoms with Gasteiger partial charge >= 0.3 is 5.97 Å². The molecule has 1 unspecified atom stereocenters. The third kappa shape index (κ3) is 4.61. The molecule has 0 bridgehead atoms. The van der Waals surface area contributed by atoms with Crippen LogP contribution in [-0.2, 0) is 4.79 Å². The SMILES string of the molecule is O=C(O)CCCCC(O)c1ccccc1. The highest BCUT2D eigenvalue weighted by Crippen LogP contribution is 2.18. The number of aliphatic carboxylic acids is 1. The molecule has 0 aliphatic rings. The van der Waals surface area contributed by atoms with Crippen molar-refractivity contribution in [1.29, 1.82) is 0 Å². The maximum Gasteiger partial charge on any atom is 0.303 e. The van der Waals surface area contributed by atoms with Gasteiger partial charge in [0.1, 0.15) is 0 Å². The zero-order chi connectivity index (χ0) is 11.1. The van der Waals surface area contributed by atoms with Gasteiger partial charge in [0.15, 0.2) is 0 Å². The minimum Gasteiger partial charge on any atom is -0.481 e. The Labute approximate surface area is 89.4 Å². The van der Waals surface area contributed by atoms with Gasteiger partial charge in [-0.15, -0.1) is 0 Å². The minimum absolute atomic E-state index is 0.182. The van der Waals surface area contributed by atoms with Gasteiger partial charge in [-0.05, 0) is 24.8 Å². The molecule has 1 aromatic carbocycles. The number of rotatable bonds is 6. The third-order valence-corrected chi connectivity index (χ3v) is 2.30. The van der Waals surface area contributed by atoms with E-state index in [2.05, 4.69) is 0 Å². The fourth-order valence-corrected chi connectivity index (χ4v) is 1.46. The molecule has 1 atom stereocenters. The van der Waals surface area contributed by atoms with E-state index >= 15 is 0 Å². The lowest BCUT2D eigenvalue weighted by Gasteiger charge is -2.09. The first kappa shape index (κ1) is 11.7. The van der Waals surface area contributed by atoms with Crippen molar-refractivity contribution < 1.29 is 15.0 Å². The molecular formula is C12H16O3. The summed E-state index contributed by atoms with van der Waals surface area (Å²) in [5, 5.41) is 18.2. The van der Waals surface area contributed by atoms with Crippen molar-refractivity contribution in [3.63, 3.8) is 0 Å². The van der Waals surface area contributed by atoms with Crippen LogP contribution in [0.3, 0.4) is 0 Å². The molecule has 1 aromatic rings. The topological polar surface area (TPSA) is 57.5 Å². The fraction of sp³-hybridized carbons (Fsp3) is 0.417. The largest absolute Gasteiger partial charge is 0.481 e. The number of aliphatic hydroxyl groups excluding tert-OH is 1. The predicted molar refractivity (Wildman–Crippen MR) is 57.5 cm³/mol. The number of hydrogen-bond donors (Lipinski definition) is 2. The highest BCUT2D eigenvalue weighted by molar-refractivity contribution is 5.66. The molecule has 0 fully saturated rings. The normalized spacial score (nSPS) is 12.3. The van der Waals surface area contributed by atoms with Gasteiger partial charge in [0.25, 0.3) is 0 Å². The second kappa shape index (κ2) is 6.19. The van der Waals surface area contributed by atoms with Crippen LogP contribution in [0.4, 0.5) is 0 Å². The second-order valence-corrected chi connectivity index (χ2v) is 3.57. The Kier molecular flexibility index (Phi) is 4.84. The lowest BCUT2D eigenvalue weighted by Crippen LogP contribution is -1.99. The number of carbonyl (C=O) groups is 1. The van der Waals surface area contributed by atoms with Gasteiger partial charge in [-0.1, -0.05) is 30.3 Å². The molecule has 2 N–H and O–H groups in total. The van der Waals surface area contributed by atoms with E-state index in [-0.39, 0.29) is 6.42 Å². The predicted octanol–water partition coefficient (Wildman–Crippen LogP) is 2.37. The standard InChI is InChI=1S/C12H16O3/c13-11(8-4-5-9-12(14)15)10-6-2-1-3-7-10/h1-3,6-7,11,13H,4-5,8-9H2,(H,14,15). The first-order valence-corrected chi connectivity index (χ1v) is 5.15. The van der Waals surface area contributed by atoms with E-state index in [1.165, 1.54) is 0 Å². The lowest BCUT2D eigenvalue weighted by molar-refractivity contribution is -0.137. The molecule has 1 rings (SSSR count). The maximum absolute atomic E-state index is 10.3. The molecule has 0 spiro atoms. The summed E-state index contributed by atoms with van der Waals surface area (Å²) in [4.78, 5) is 10.3. The molecule has 82 valence electrons. The van der Waals surface area contributed by atoms with E-state index in [0.717, 1.165) is 12.0 Å². The van der Waals surface area contributed by atoms with E-state index in [9.17, 15) is 9.90 Å². The van der Waals surface area contributed by atoms with Gasteiger partial charge in [-0.3, -0.25) is 4.79 Å². The van der Waals surface area contributed by atoms with E-state index < -0.39 is 12.1 Å². The average molecular weight is 208 g/mol. The van der Waals surface area contributed by atoms with Crippen molar-refractivity contribution in [1.82, 2.24) is 0 Å². The number of carboxylic acid groups (broad SMARTS) is 1. The van der Waals surface area contributed by atoms with Gasteiger partial charge < -0.3 is 10.2 Å². The molecule has 0 aliphatic carbocycles. The highest BCUT2D eigenvalue weighted by Gasteiger charge is 2.06. The zero-order valence-electron chi connectivity index (χ0n) is 8.60. The Hall–Kier alpha value is -1.35. The monoisotopic (exact) mass is 208 g/mol. The van der Waals surface area contributed by atoms with Crippen LogP contribution in [-0.4, -0.2) is 16.2 Å².